The highest BCUT2D eigenvalue weighted by Gasteiger charge is 2.12. The van der Waals surface area contributed by atoms with Crippen LogP contribution < -0.4 is 10.6 Å². The third kappa shape index (κ3) is 7.31. The van der Waals surface area contributed by atoms with Crippen LogP contribution in [0.1, 0.15) is 19.3 Å². The van der Waals surface area contributed by atoms with Crippen molar-refractivity contribution in [1.82, 2.24) is 15.5 Å². The molecule has 1 amide bonds. The topological polar surface area (TPSA) is 53.6 Å². The van der Waals surface area contributed by atoms with Crippen molar-refractivity contribution in [2.75, 3.05) is 53.0 Å². The zero-order chi connectivity index (χ0) is 12.3. The fourth-order valence-corrected chi connectivity index (χ4v) is 1.94. The Hall–Kier alpha value is -0.650. The first-order valence-electron chi connectivity index (χ1n) is 6.51. The lowest BCUT2D eigenvalue weighted by Crippen LogP contribution is -2.34. The molecule has 1 aliphatic rings. The molecule has 0 atom stereocenters. The summed E-state index contributed by atoms with van der Waals surface area (Å²) < 4.78 is 4.91. The molecule has 0 saturated carbocycles. The van der Waals surface area contributed by atoms with Crippen molar-refractivity contribution >= 4 is 5.91 Å². The van der Waals surface area contributed by atoms with Gasteiger partial charge < -0.3 is 20.3 Å². The highest BCUT2D eigenvalue weighted by Crippen LogP contribution is 2.06. The van der Waals surface area contributed by atoms with E-state index >= 15 is 0 Å². The number of nitrogens with zero attached hydrogens (tertiary/aromatic N) is 1. The van der Waals surface area contributed by atoms with Gasteiger partial charge in [-0.05, 0) is 25.9 Å². The first-order valence-corrected chi connectivity index (χ1v) is 6.51. The predicted molar refractivity (Wildman–Crippen MR) is 68.0 cm³/mol. The predicted octanol–water partition coefficient (Wildman–Crippen LogP) is -0.175. The van der Waals surface area contributed by atoms with E-state index in [-0.39, 0.29) is 5.91 Å². The van der Waals surface area contributed by atoms with E-state index in [1.807, 2.05) is 0 Å². The smallest absolute Gasteiger partial charge is 0.221 e. The molecule has 1 heterocycles. The quantitative estimate of drug-likeness (QED) is 0.552. The molecule has 0 aliphatic carbocycles. The van der Waals surface area contributed by atoms with Gasteiger partial charge in [-0.25, -0.2) is 0 Å². The summed E-state index contributed by atoms with van der Waals surface area (Å²) in [5.74, 6) is 0.158. The van der Waals surface area contributed by atoms with Crippen molar-refractivity contribution in [2.24, 2.45) is 0 Å². The number of hydrogen-bond acceptors (Lipinski definition) is 4. The minimum Gasteiger partial charge on any atom is -0.383 e. The van der Waals surface area contributed by atoms with E-state index in [1.165, 1.54) is 12.8 Å². The third-order valence-electron chi connectivity index (χ3n) is 2.96. The maximum atomic E-state index is 11.5. The van der Waals surface area contributed by atoms with Crippen LogP contribution in [0.3, 0.4) is 0 Å². The zero-order valence-electron chi connectivity index (χ0n) is 10.8. The van der Waals surface area contributed by atoms with Crippen molar-refractivity contribution in [3.05, 3.63) is 0 Å². The molecule has 0 spiro atoms. The van der Waals surface area contributed by atoms with Crippen molar-refractivity contribution in [3.8, 4) is 0 Å². The molecule has 1 rings (SSSR count). The maximum absolute atomic E-state index is 11.5. The van der Waals surface area contributed by atoms with Crippen LogP contribution >= 0.6 is 0 Å². The van der Waals surface area contributed by atoms with Gasteiger partial charge in [0.05, 0.1) is 6.61 Å². The number of carbonyl (C=O) groups excluding carboxylic acids is 1. The first-order chi connectivity index (χ1) is 8.33. The minimum atomic E-state index is 0.158. The van der Waals surface area contributed by atoms with E-state index < -0.39 is 0 Å². The summed E-state index contributed by atoms with van der Waals surface area (Å²) in [6.07, 6.45) is 3.19. The highest BCUT2D eigenvalue weighted by atomic mass is 16.5. The lowest BCUT2D eigenvalue weighted by molar-refractivity contribution is -0.121. The fourth-order valence-electron chi connectivity index (χ4n) is 1.94. The molecule has 0 aromatic carbocycles. The first kappa shape index (κ1) is 14.4. The lowest BCUT2D eigenvalue weighted by Gasteiger charge is -2.13. The van der Waals surface area contributed by atoms with E-state index in [4.69, 9.17) is 4.74 Å². The van der Waals surface area contributed by atoms with Crippen LogP contribution in [-0.2, 0) is 9.53 Å². The Kier molecular flexibility index (Phi) is 7.96. The van der Waals surface area contributed by atoms with Gasteiger partial charge >= 0.3 is 0 Å². The average Bonchev–Trinajstić information content (AvgIpc) is 2.84. The molecule has 0 radical (unpaired) electrons. The summed E-state index contributed by atoms with van der Waals surface area (Å²) in [7, 11) is 1.68. The van der Waals surface area contributed by atoms with Gasteiger partial charge in [0.2, 0.25) is 5.91 Å². The van der Waals surface area contributed by atoms with Gasteiger partial charge in [-0.1, -0.05) is 0 Å². The van der Waals surface area contributed by atoms with Gasteiger partial charge in [-0.3, -0.25) is 4.79 Å². The number of hydrogen-bond donors (Lipinski definition) is 2. The van der Waals surface area contributed by atoms with Crippen LogP contribution in [0.4, 0.5) is 0 Å². The Balaban J connectivity index is 1.87. The highest BCUT2D eigenvalue weighted by molar-refractivity contribution is 5.76. The van der Waals surface area contributed by atoms with E-state index in [0.29, 0.717) is 19.6 Å². The molecule has 2 N–H and O–H groups in total. The van der Waals surface area contributed by atoms with Gasteiger partial charge in [0, 0.05) is 39.7 Å². The van der Waals surface area contributed by atoms with Crippen molar-refractivity contribution in [2.45, 2.75) is 19.3 Å². The molecule has 0 aromatic rings. The van der Waals surface area contributed by atoms with E-state index in [9.17, 15) is 4.79 Å². The van der Waals surface area contributed by atoms with Gasteiger partial charge in [0.15, 0.2) is 0 Å². The van der Waals surface area contributed by atoms with Crippen LogP contribution in [0.15, 0.2) is 0 Å². The molecule has 0 aromatic heterocycles. The summed E-state index contributed by atoms with van der Waals surface area (Å²) in [6, 6.07) is 0. The van der Waals surface area contributed by atoms with Gasteiger partial charge in [-0.2, -0.15) is 0 Å². The molecule has 1 fully saturated rings. The Morgan fingerprint density at radius 2 is 2.00 bits per heavy atom. The fraction of sp³-hybridized carbons (Fsp3) is 0.917. The van der Waals surface area contributed by atoms with E-state index in [1.54, 1.807) is 7.11 Å². The molecule has 17 heavy (non-hydrogen) atoms. The zero-order valence-corrected chi connectivity index (χ0v) is 10.8. The molecule has 5 heteroatoms. The summed E-state index contributed by atoms with van der Waals surface area (Å²) in [5.41, 5.74) is 0. The molecule has 1 aliphatic heterocycles. The largest absolute Gasteiger partial charge is 0.383 e. The molecule has 5 nitrogen and oxygen atoms in total. The second-order valence-electron chi connectivity index (χ2n) is 4.39. The summed E-state index contributed by atoms with van der Waals surface area (Å²) in [5, 5.41) is 6.10. The number of carbonyl (C=O) groups is 1. The summed E-state index contributed by atoms with van der Waals surface area (Å²) in [6.45, 7) is 6.27. The van der Waals surface area contributed by atoms with Crippen LogP contribution in [0.5, 0.6) is 0 Å². The Bertz CT molecular complexity index is 206. The van der Waals surface area contributed by atoms with Crippen LogP contribution in [0.2, 0.25) is 0 Å². The van der Waals surface area contributed by atoms with Crippen molar-refractivity contribution in [3.63, 3.8) is 0 Å². The summed E-state index contributed by atoms with van der Waals surface area (Å²) in [4.78, 5) is 13.9. The standard InChI is InChI=1S/C12H25N3O2/c1-17-11-7-13-5-6-14-12(16)4-10-15-8-2-3-9-15/h13H,2-11H2,1H3,(H,14,16). The maximum Gasteiger partial charge on any atom is 0.221 e. The molecular formula is C12H25N3O2. The van der Waals surface area contributed by atoms with Crippen molar-refractivity contribution < 1.29 is 9.53 Å². The Morgan fingerprint density at radius 1 is 1.24 bits per heavy atom. The van der Waals surface area contributed by atoms with Crippen LogP contribution in [0.25, 0.3) is 0 Å². The molecule has 100 valence electrons. The monoisotopic (exact) mass is 243 g/mol. The molecule has 0 bridgehead atoms. The minimum absolute atomic E-state index is 0.158. The number of rotatable bonds is 9. The number of ether oxygens (including phenoxy) is 1. The Morgan fingerprint density at radius 3 is 2.71 bits per heavy atom. The molecule has 0 unspecified atom stereocenters. The number of likely N-dealkylation sites (tertiary alicyclic amines) is 1. The van der Waals surface area contributed by atoms with Gasteiger partial charge in [0.1, 0.15) is 0 Å². The SMILES string of the molecule is COCCNCCNC(=O)CCN1CCCC1. The number of amides is 1. The van der Waals surface area contributed by atoms with Gasteiger partial charge in [-0.15, -0.1) is 0 Å². The van der Waals surface area contributed by atoms with Crippen LogP contribution in [0, 0.1) is 0 Å². The lowest BCUT2D eigenvalue weighted by atomic mass is 10.3. The molecular weight excluding hydrogens is 218 g/mol. The number of nitrogens with one attached hydrogen (secondary N) is 2. The van der Waals surface area contributed by atoms with Gasteiger partial charge in [0.25, 0.3) is 0 Å². The summed E-state index contributed by atoms with van der Waals surface area (Å²) >= 11 is 0. The number of methoxy groups -OCH3 is 1. The normalized spacial score (nSPS) is 16.3. The van der Waals surface area contributed by atoms with E-state index in [0.717, 1.165) is 32.7 Å². The molecule has 1 saturated heterocycles. The second kappa shape index (κ2) is 9.39. The van der Waals surface area contributed by atoms with E-state index in [2.05, 4.69) is 15.5 Å². The van der Waals surface area contributed by atoms with Crippen LogP contribution in [-0.4, -0.2) is 63.8 Å². The third-order valence-corrected chi connectivity index (χ3v) is 2.96. The Labute approximate surface area is 104 Å². The second-order valence-corrected chi connectivity index (χ2v) is 4.39. The van der Waals surface area contributed by atoms with Crippen molar-refractivity contribution in [1.29, 1.82) is 0 Å². The average molecular weight is 243 g/mol.